The lowest BCUT2D eigenvalue weighted by atomic mass is 10.2. The first-order valence-electron chi connectivity index (χ1n) is 8.41. The molecule has 2 heterocycles. The molecule has 2 aromatic carbocycles. The van der Waals surface area contributed by atoms with Crippen LogP contribution < -0.4 is 10.1 Å². The zero-order chi connectivity index (χ0) is 19.7. The molecule has 0 radical (unpaired) electrons. The van der Waals surface area contributed by atoms with Crippen molar-refractivity contribution in [1.82, 2.24) is 9.97 Å². The smallest absolute Gasteiger partial charge is 0.311 e. The molecule has 1 fully saturated rings. The van der Waals surface area contributed by atoms with Gasteiger partial charge in [-0.3, -0.25) is 10.1 Å². The first-order valence-corrected chi connectivity index (χ1v) is 8.41. The fourth-order valence-electron chi connectivity index (χ4n) is 2.91. The van der Waals surface area contributed by atoms with Gasteiger partial charge in [0, 0.05) is 30.3 Å². The van der Waals surface area contributed by atoms with Gasteiger partial charge in [0.25, 0.3) is 0 Å². The van der Waals surface area contributed by atoms with E-state index in [1.165, 1.54) is 24.5 Å². The Morgan fingerprint density at radius 1 is 1.21 bits per heavy atom. The summed E-state index contributed by atoms with van der Waals surface area (Å²) < 4.78 is 37.5. The number of benzene rings is 2. The Balaban J connectivity index is 1.74. The molecule has 0 aliphatic carbocycles. The lowest BCUT2D eigenvalue weighted by Gasteiger charge is -2.14. The summed E-state index contributed by atoms with van der Waals surface area (Å²) >= 11 is 0. The Morgan fingerprint density at radius 2 is 2.07 bits per heavy atom. The van der Waals surface area contributed by atoms with Crippen LogP contribution in [0, 0.1) is 21.7 Å². The Bertz CT molecular complexity index is 1060. The van der Waals surface area contributed by atoms with E-state index in [0.29, 0.717) is 30.5 Å². The summed E-state index contributed by atoms with van der Waals surface area (Å²) in [6, 6.07) is 6.03. The lowest BCUT2D eigenvalue weighted by molar-refractivity contribution is -0.385. The third-order valence-corrected chi connectivity index (χ3v) is 4.28. The van der Waals surface area contributed by atoms with Crippen LogP contribution in [-0.2, 0) is 4.74 Å². The van der Waals surface area contributed by atoms with Crippen LogP contribution >= 0.6 is 0 Å². The van der Waals surface area contributed by atoms with E-state index in [2.05, 4.69) is 15.3 Å². The number of halogens is 2. The summed E-state index contributed by atoms with van der Waals surface area (Å²) in [4.78, 5) is 19.2. The second-order valence-corrected chi connectivity index (χ2v) is 6.17. The van der Waals surface area contributed by atoms with Gasteiger partial charge in [-0.15, -0.1) is 0 Å². The first kappa shape index (κ1) is 18.0. The van der Waals surface area contributed by atoms with Crippen molar-refractivity contribution >= 4 is 28.1 Å². The molecule has 1 N–H and O–H groups in total. The van der Waals surface area contributed by atoms with Crippen LogP contribution in [0.1, 0.15) is 6.42 Å². The minimum absolute atomic E-state index is 0.0884. The predicted octanol–water partition coefficient (Wildman–Crippen LogP) is 3.73. The SMILES string of the molecule is O=[N+]([O-])c1cc2c(Nc3ccc(F)c(F)c3)ncnc2cc1OC1CCOC1. The van der Waals surface area contributed by atoms with Crippen LogP contribution in [0.4, 0.5) is 26.0 Å². The van der Waals surface area contributed by atoms with Crippen molar-refractivity contribution in [3.8, 4) is 5.75 Å². The largest absolute Gasteiger partial charge is 0.481 e. The van der Waals surface area contributed by atoms with Crippen LogP contribution in [0.5, 0.6) is 5.75 Å². The van der Waals surface area contributed by atoms with E-state index in [-0.39, 0.29) is 29.0 Å². The topological polar surface area (TPSA) is 99.4 Å². The van der Waals surface area contributed by atoms with Gasteiger partial charge in [-0.05, 0) is 12.1 Å². The number of nitro groups is 1. The van der Waals surface area contributed by atoms with Gasteiger partial charge in [-0.2, -0.15) is 0 Å². The van der Waals surface area contributed by atoms with Crippen molar-refractivity contribution in [2.24, 2.45) is 0 Å². The fourth-order valence-corrected chi connectivity index (χ4v) is 2.91. The Morgan fingerprint density at radius 3 is 2.79 bits per heavy atom. The number of fused-ring (bicyclic) bond motifs is 1. The first-order chi connectivity index (χ1) is 13.5. The molecule has 144 valence electrons. The van der Waals surface area contributed by atoms with Crippen LogP contribution in [0.15, 0.2) is 36.7 Å². The molecule has 3 aromatic rings. The molecule has 10 heteroatoms. The monoisotopic (exact) mass is 388 g/mol. The molecule has 1 aromatic heterocycles. The van der Waals surface area contributed by atoms with Crippen LogP contribution in [0.3, 0.4) is 0 Å². The number of anilines is 2. The predicted molar refractivity (Wildman–Crippen MR) is 95.7 cm³/mol. The van der Waals surface area contributed by atoms with Gasteiger partial charge in [-0.1, -0.05) is 0 Å². The van der Waals surface area contributed by atoms with Crippen molar-refractivity contribution < 1.29 is 23.2 Å². The number of nitrogens with one attached hydrogen (secondary N) is 1. The molecule has 1 saturated heterocycles. The molecule has 1 atom stereocenters. The van der Waals surface area contributed by atoms with E-state index < -0.39 is 16.6 Å². The van der Waals surface area contributed by atoms with E-state index in [1.807, 2.05) is 0 Å². The average Bonchev–Trinajstić information content (AvgIpc) is 3.17. The van der Waals surface area contributed by atoms with Crippen molar-refractivity contribution in [3.05, 3.63) is 58.4 Å². The molecular formula is C18H14F2N4O4. The number of ether oxygens (including phenoxy) is 2. The minimum atomic E-state index is -1.02. The molecule has 0 amide bonds. The van der Waals surface area contributed by atoms with Crippen LogP contribution in [0.2, 0.25) is 0 Å². The highest BCUT2D eigenvalue weighted by Crippen LogP contribution is 2.35. The molecule has 1 aliphatic heterocycles. The molecule has 0 bridgehead atoms. The van der Waals surface area contributed by atoms with Gasteiger partial charge in [0.05, 0.1) is 29.0 Å². The third-order valence-electron chi connectivity index (χ3n) is 4.28. The number of aromatic nitrogens is 2. The number of hydrogen-bond acceptors (Lipinski definition) is 7. The van der Waals surface area contributed by atoms with E-state index >= 15 is 0 Å². The van der Waals surface area contributed by atoms with Crippen LogP contribution in [-0.4, -0.2) is 34.2 Å². The molecule has 0 spiro atoms. The molecule has 28 heavy (non-hydrogen) atoms. The minimum Gasteiger partial charge on any atom is -0.481 e. The fraction of sp³-hybridized carbons (Fsp3) is 0.222. The van der Waals surface area contributed by atoms with Crippen molar-refractivity contribution in [2.45, 2.75) is 12.5 Å². The molecule has 8 nitrogen and oxygen atoms in total. The summed E-state index contributed by atoms with van der Waals surface area (Å²) in [5, 5.41) is 14.7. The van der Waals surface area contributed by atoms with Crippen LogP contribution in [0.25, 0.3) is 10.9 Å². The normalized spacial score (nSPS) is 16.3. The number of hydrogen-bond donors (Lipinski definition) is 1. The second-order valence-electron chi connectivity index (χ2n) is 6.17. The van der Waals surface area contributed by atoms with Gasteiger partial charge in [0.15, 0.2) is 17.4 Å². The number of nitro benzene ring substituents is 1. The molecule has 4 rings (SSSR count). The summed E-state index contributed by atoms with van der Waals surface area (Å²) in [6.07, 6.45) is 1.64. The summed E-state index contributed by atoms with van der Waals surface area (Å²) in [5.41, 5.74) is 0.395. The van der Waals surface area contributed by atoms with Gasteiger partial charge >= 0.3 is 5.69 Å². The molecular weight excluding hydrogens is 374 g/mol. The second kappa shape index (κ2) is 7.31. The number of nitrogens with zero attached hydrogens (tertiary/aromatic N) is 3. The van der Waals surface area contributed by atoms with E-state index in [0.717, 1.165) is 12.1 Å². The maximum absolute atomic E-state index is 13.4. The summed E-state index contributed by atoms with van der Waals surface area (Å²) in [6.45, 7) is 0.901. The van der Waals surface area contributed by atoms with Gasteiger partial charge in [0.1, 0.15) is 18.2 Å². The highest BCUT2D eigenvalue weighted by Gasteiger charge is 2.24. The molecule has 0 saturated carbocycles. The summed E-state index contributed by atoms with van der Waals surface area (Å²) in [7, 11) is 0. The van der Waals surface area contributed by atoms with Gasteiger partial charge < -0.3 is 14.8 Å². The van der Waals surface area contributed by atoms with E-state index in [4.69, 9.17) is 9.47 Å². The average molecular weight is 388 g/mol. The standard InChI is InChI=1S/C18H14F2N4O4/c19-13-2-1-10(5-14(13)20)23-18-12-6-16(24(25)26)17(7-15(12)21-9-22-18)28-11-3-4-27-8-11/h1-2,5-7,9,11H,3-4,8H2,(H,21,22,23). The summed E-state index contributed by atoms with van der Waals surface area (Å²) in [5.74, 6) is -1.70. The van der Waals surface area contributed by atoms with E-state index in [1.54, 1.807) is 0 Å². The van der Waals surface area contributed by atoms with Crippen molar-refractivity contribution in [3.63, 3.8) is 0 Å². The highest BCUT2D eigenvalue weighted by molar-refractivity contribution is 5.93. The Hall–Kier alpha value is -3.40. The van der Waals surface area contributed by atoms with Gasteiger partial charge in [0.2, 0.25) is 0 Å². The zero-order valence-corrected chi connectivity index (χ0v) is 14.4. The van der Waals surface area contributed by atoms with Crippen molar-refractivity contribution in [2.75, 3.05) is 18.5 Å². The quantitative estimate of drug-likeness (QED) is 0.525. The molecule has 1 aliphatic rings. The lowest BCUT2D eigenvalue weighted by Crippen LogP contribution is -2.16. The zero-order valence-electron chi connectivity index (χ0n) is 14.4. The number of rotatable bonds is 5. The third kappa shape index (κ3) is 3.54. The van der Waals surface area contributed by atoms with Gasteiger partial charge in [-0.25, -0.2) is 18.7 Å². The maximum Gasteiger partial charge on any atom is 0.311 e. The van der Waals surface area contributed by atoms with Crippen molar-refractivity contribution in [1.29, 1.82) is 0 Å². The van der Waals surface area contributed by atoms with E-state index in [9.17, 15) is 18.9 Å². The Labute approximate surface area is 157 Å². The highest BCUT2D eigenvalue weighted by atomic mass is 19.2. The Kier molecular flexibility index (Phi) is 4.70. The molecule has 1 unspecified atom stereocenters. The maximum atomic E-state index is 13.4.